The Balaban J connectivity index is 2.79. The molecule has 0 aliphatic carbocycles. The Morgan fingerprint density at radius 2 is 1.94 bits per heavy atom. The van der Waals surface area contributed by atoms with Crippen molar-refractivity contribution in [3.8, 4) is 0 Å². The fraction of sp³-hybridized carbons (Fsp3) is 0.400. The molecule has 0 aromatic heterocycles. The van der Waals surface area contributed by atoms with Crippen molar-refractivity contribution in [3.05, 3.63) is 27.1 Å². The zero-order valence-electron chi connectivity index (χ0n) is 8.99. The molecule has 17 heavy (non-hydrogen) atoms. The number of nitrogens with one attached hydrogen (secondary N) is 1. The second-order valence-corrected chi connectivity index (χ2v) is 6.91. The van der Waals surface area contributed by atoms with Crippen LogP contribution in [-0.4, -0.2) is 26.7 Å². The van der Waals surface area contributed by atoms with E-state index in [0.717, 1.165) is 0 Å². The molecule has 0 amide bonds. The molecule has 2 N–H and O–H groups in total. The Morgan fingerprint density at radius 3 is 2.59 bits per heavy atom. The molecule has 0 aliphatic rings. The van der Waals surface area contributed by atoms with Crippen molar-refractivity contribution in [2.45, 2.75) is 17.7 Å². The predicted molar refractivity (Wildman–Crippen MR) is 73.4 cm³/mol. The fourth-order valence-corrected chi connectivity index (χ4v) is 3.78. The van der Waals surface area contributed by atoms with E-state index in [1.54, 1.807) is 18.2 Å². The lowest BCUT2D eigenvalue weighted by molar-refractivity contribution is 0.285. The Kier molecular flexibility index (Phi) is 6.08. The molecule has 0 fully saturated rings. The summed E-state index contributed by atoms with van der Waals surface area (Å²) in [5, 5.41) is 8.60. The van der Waals surface area contributed by atoms with Crippen LogP contribution in [0.15, 0.2) is 32.0 Å². The van der Waals surface area contributed by atoms with Crippen molar-refractivity contribution in [3.63, 3.8) is 0 Å². The van der Waals surface area contributed by atoms with Crippen LogP contribution in [-0.2, 0) is 10.0 Å². The maximum Gasteiger partial charge on any atom is 0.241 e. The Hall–Kier alpha value is 0.0500. The van der Waals surface area contributed by atoms with E-state index in [2.05, 4.69) is 36.6 Å². The van der Waals surface area contributed by atoms with Crippen LogP contribution >= 0.6 is 31.9 Å². The van der Waals surface area contributed by atoms with Gasteiger partial charge < -0.3 is 5.11 Å². The molecule has 96 valence electrons. The van der Waals surface area contributed by atoms with E-state index in [-0.39, 0.29) is 11.5 Å². The molecular weight excluding hydrogens is 374 g/mol. The van der Waals surface area contributed by atoms with Crippen molar-refractivity contribution in [2.24, 2.45) is 0 Å². The third kappa shape index (κ3) is 4.67. The maximum absolute atomic E-state index is 11.9. The Morgan fingerprint density at radius 1 is 1.24 bits per heavy atom. The molecule has 4 nitrogen and oxygen atoms in total. The van der Waals surface area contributed by atoms with Gasteiger partial charge in [0.2, 0.25) is 10.0 Å². The van der Waals surface area contributed by atoms with Gasteiger partial charge in [-0.05, 0) is 47.0 Å². The lowest BCUT2D eigenvalue weighted by Gasteiger charge is -2.08. The largest absolute Gasteiger partial charge is 0.396 e. The normalized spacial score (nSPS) is 11.7. The fourth-order valence-electron chi connectivity index (χ4n) is 1.20. The molecule has 0 saturated carbocycles. The molecule has 1 aromatic carbocycles. The second kappa shape index (κ2) is 6.84. The van der Waals surface area contributed by atoms with E-state index < -0.39 is 10.0 Å². The van der Waals surface area contributed by atoms with Crippen LogP contribution in [0.1, 0.15) is 12.8 Å². The summed E-state index contributed by atoms with van der Waals surface area (Å²) in [6, 6.07) is 4.97. The van der Waals surface area contributed by atoms with Gasteiger partial charge in [0, 0.05) is 22.1 Å². The first-order valence-electron chi connectivity index (χ1n) is 5.03. The van der Waals surface area contributed by atoms with Gasteiger partial charge in [-0.3, -0.25) is 0 Å². The van der Waals surface area contributed by atoms with Gasteiger partial charge in [0.05, 0.1) is 4.90 Å². The van der Waals surface area contributed by atoms with E-state index in [9.17, 15) is 8.42 Å². The van der Waals surface area contributed by atoms with Gasteiger partial charge >= 0.3 is 0 Å². The molecule has 1 rings (SSSR count). The summed E-state index contributed by atoms with van der Waals surface area (Å²) < 4.78 is 27.6. The number of hydrogen-bond donors (Lipinski definition) is 2. The van der Waals surface area contributed by atoms with Gasteiger partial charge in [-0.25, -0.2) is 13.1 Å². The van der Waals surface area contributed by atoms with Crippen molar-refractivity contribution >= 4 is 41.9 Å². The summed E-state index contributed by atoms with van der Waals surface area (Å²) in [6.45, 7) is 0.393. The average molecular weight is 387 g/mol. The molecule has 0 aliphatic heterocycles. The average Bonchev–Trinajstić information content (AvgIpc) is 2.28. The SMILES string of the molecule is O=S(=O)(NCCCCO)c1cc(Br)ccc1Br. The van der Waals surface area contributed by atoms with E-state index >= 15 is 0 Å². The monoisotopic (exact) mass is 385 g/mol. The van der Waals surface area contributed by atoms with Crippen LogP contribution in [0.25, 0.3) is 0 Å². The number of benzene rings is 1. The zero-order chi connectivity index (χ0) is 12.9. The first-order valence-corrected chi connectivity index (χ1v) is 8.10. The van der Waals surface area contributed by atoms with Crippen molar-refractivity contribution in [1.82, 2.24) is 4.72 Å². The van der Waals surface area contributed by atoms with Crippen LogP contribution in [0.2, 0.25) is 0 Å². The van der Waals surface area contributed by atoms with Crippen molar-refractivity contribution < 1.29 is 13.5 Å². The lowest BCUT2D eigenvalue weighted by Crippen LogP contribution is -2.25. The highest BCUT2D eigenvalue weighted by Crippen LogP contribution is 2.25. The third-order valence-corrected chi connectivity index (χ3v) is 5.01. The summed E-state index contributed by atoms with van der Waals surface area (Å²) in [6.07, 6.45) is 1.20. The maximum atomic E-state index is 11.9. The Labute approximate surface area is 118 Å². The number of sulfonamides is 1. The van der Waals surface area contributed by atoms with Gasteiger partial charge in [0.1, 0.15) is 0 Å². The first-order chi connectivity index (χ1) is 7.97. The zero-order valence-corrected chi connectivity index (χ0v) is 13.0. The van der Waals surface area contributed by atoms with Gasteiger partial charge in [0.15, 0.2) is 0 Å². The third-order valence-electron chi connectivity index (χ3n) is 2.06. The predicted octanol–water partition coefficient (Wildman–Crippen LogP) is 2.26. The highest BCUT2D eigenvalue weighted by atomic mass is 79.9. The minimum Gasteiger partial charge on any atom is -0.396 e. The lowest BCUT2D eigenvalue weighted by atomic mass is 10.3. The summed E-state index contributed by atoms with van der Waals surface area (Å²) >= 11 is 6.44. The topological polar surface area (TPSA) is 66.4 Å². The van der Waals surface area contributed by atoms with Gasteiger partial charge in [0.25, 0.3) is 0 Å². The van der Waals surface area contributed by atoms with Crippen molar-refractivity contribution in [2.75, 3.05) is 13.2 Å². The molecule has 7 heteroatoms. The van der Waals surface area contributed by atoms with E-state index in [1.165, 1.54) is 0 Å². The number of aliphatic hydroxyl groups excluding tert-OH is 1. The van der Waals surface area contributed by atoms with Gasteiger partial charge in [-0.1, -0.05) is 15.9 Å². The van der Waals surface area contributed by atoms with Gasteiger partial charge in [-0.15, -0.1) is 0 Å². The first kappa shape index (κ1) is 15.1. The summed E-state index contributed by atoms with van der Waals surface area (Å²) in [5.41, 5.74) is 0. The molecule has 0 bridgehead atoms. The molecule has 1 aromatic rings. The van der Waals surface area contributed by atoms with Crippen LogP contribution in [0.4, 0.5) is 0 Å². The summed E-state index contributed by atoms with van der Waals surface area (Å²) in [4.78, 5) is 0.205. The van der Waals surface area contributed by atoms with Crippen LogP contribution in [0, 0.1) is 0 Å². The summed E-state index contributed by atoms with van der Waals surface area (Å²) in [7, 11) is -3.50. The number of rotatable bonds is 6. The smallest absolute Gasteiger partial charge is 0.241 e. The van der Waals surface area contributed by atoms with Crippen LogP contribution in [0.3, 0.4) is 0 Å². The summed E-state index contributed by atoms with van der Waals surface area (Å²) in [5.74, 6) is 0. The number of halogens is 2. The molecule has 0 spiro atoms. The van der Waals surface area contributed by atoms with E-state index in [1.807, 2.05) is 0 Å². The molecule has 0 atom stereocenters. The van der Waals surface area contributed by atoms with Crippen molar-refractivity contribution in [1.29, 1.82) is 0 Å². The molecule has 0 heterocycles. The highest BCUT2D eigenvalue weighted by molar-refractivity contribution is 9.11. The quantitative estimate of drug-likeness (QED) is 0.737. The molecular formula is C10H13Br2NO3S. The van der Waals surface area contributed by atoms with Crippen LogP contribution < -0.4 is 4.72 Å². The van der Waals surface area contributed by atoms with E-state index in [4.69, 9.17) is 5.11 Å². The molecule has 0 unspecified atom stereocenters. The minimum atomic E-state index is -3.50. The highest BCUT2D eigenvalue weighted by Gasteiger charge is 2.17. The standard InChI is InChI=1S/C10H13Br2NO3S/c11-8-3-4-9(12)10(7-8)17(15,16)13-5-1-2-6-14/h3-4,7,13-14H,1-2,5-6H2. The number of aliphatic hydroxyl groups is 1. The molecule has 0 radical (unpaired) electrons. The number of unbranched alkanes of at least 4 members (excludes halogenated alkanes) is 1. The van der Waals surface area contributed by atoms with Crippen LogP contribution in [0.5, 0.6) is 0 Å². The number of hydrogen-bond acceptors (Lipinski definition) is 3. The molecule has 0 saturated heterocycles. The van der Waals surface area contributed by atoms with E-state index in [0.29, 0.717) is 28.3 Å². The van der Waals surface area contributed by atoms with Gasteiger partial charge in [-0.2, -0.15) is 0 Å². The Bertz CT molecular complexity index is 476. The minimum absolute atomic E-state index is 0.0717. The second-order valence-electron chi connectivity index (χ2n) is 3.40.